The predicted octanol–water partition coefficient (Wildman–Crippen LogP) is 5.50. The number of benzene rings is 2. The molecule has 0 saturated heterocycles. The van der Waals surface area contributed by atoms with Crippen LogP contribution in [0.15, 0.2) is 47.4 Å². The van der Waals surface area contributed by atoms with E-state index in [-0.39, 0.29) is 12.1 Å². The normalized spacial score (nSPS) is 20.7. The quantitative estimate of drug-likeness (QED) is 0.712. The van der Waals surface area contributed by atoms with Gasteiger partial charge in [0.25, 0.3) is 0 Å². The summed E-state index contributed by atoms with van der Waals surface area (Å²) in [5, 5.41) is 2.09. The number of sulfonamides is 1. The molecule has 2 aromatic rings. The number of rotatable bonds is 4. The molecule has 0 atom stereocenters. The molecule has 0 spiro atoms. The molecule has 0 heterocycles. The fraction of sp³-hybridized carbons (Fsp3) is 0.545. The topological polar surface area (TPSA) is 37.4 Å². The molecule has 2 saturated carbocycles. The van der Waals surface area contributed by atoms with Gasteiger partial charge in [-0.25, -0.2) is 8.42 Å². The Morgan fingerprint density at radius 3 is 1.81 bits per heavy atom. The summed E-state index contributed by atoms with van der Waals surface area (Å²) in [6.07, 6.45) is 11.2. The summed E-state index contributed by atoms with van der Waals surface area (Å²) in [4.78, 5) is 0.465. The average Bonchev–Trinajstić information content (AvgIpc) is 2.69. The summed E-state index contributed by atoms with van der Waals surface area (Å²) in [6, 6.07) is 14.0. The van der Waals surface area contributed by atoms with Gasteiger partial charge in [-0.3, -0.25) is 0 Å². The lowest BCUT2D eigenvalue weighted by molar-refractivity contribution is 0.170. The summed E-state index contributed by atoms with van der Waals surface area (Å²) < 4.78 is 29.3. The van der Waals surface area contributed by atoms with Gasteiger partial charge in [-0.2, -0.15) is 4.31 Å². The van der Waals surface area contributed by atoms with Crippen LogP contribution in [0, 0.1) is 0 Å². The summed E-state index contributed by atoms with van der Waals surface area (Å²) >= 11 is 0. The van der Waals surface area contributed by atoms with Crippen LogP contribution in [0.1, 0.15) is 64.2 Å². The Morgan fingerprint density at radius 1 is 0.692 bits per heavy atom. The first kappa shape index (κ1) is 18.0. The molecule has 0 N–H and O–H groups in total. The van der Waals surface area contributed by atoms with E-state index in [1.807, 2.05) is 40.7 Å². The van der Waals surface area contributed by atoms with Crippen molar-refractivity contribution in [1.82, 2.24) is 4.31 Å². The molecule has 0 bridgehead atoms. The summed E-state index contributed by atoms with van der Waals surface area (Å²) in [5.41, 5.74) is 0. The lowest BCUT2D eigenvalue weighted by Gasteiger charge is -2.40. The highest BCUT2D eigenvalue weighted by Gasteiger charge is 2.38. The van der Waals surface area contributed by atoms with Crippen molar-refractivity contribution in [2.24, 2.45) is 0 Å². The van der Waals surface area contributed by atoms with E-state index in [4.69, 9.17) is 0 Å². The standard InChI is InChI=1S/C22H29NO2S/c24-26(25,22-16-15-18-9-7-8-10-19(18)17-22)23(20-11-3-1-4-12-20)21-13-5-2-6-14-21/h7-10,15-17,20-21H,1-6,11-14H2. The van der Waals surface area contributed by atoms with E-state index in [9.17, 15) is 8.42 Å². The smallest absolute Gasteiger partial charge is 0.207 e. The third kappa shape index (κ3) is 3.54. The fourth-order valence-corrected chi connectivity index (χ4v) is 6.78. The van der Waals surface area contributed by atoms with Crippen LogP contribution in [0.5, 0.6) is 0 Å². The van der Waals surface area contributed by atoms with Gasteiger partial charge >= 0.3 is 0 Å². The van der Waals surface area contributed by atoms with Crippen LogP contribution in [0.3, 0.4) is 0 Å². The first-order valence-corrected chi connectivity index (χ1v) is 11.6. The van der Waals surface area contributed by atoms with Gasteiger partial charge < -0.3 is 0 Å². The third-order valence-corrected chi connectivity index (χ3v) is 8.17. The van der Waals surface area contributed by atoms with Crippen molar-refractivity contribution < 1.29 is 8.42 Å². The SMILES string of the molecule is O=S(=O)(c1ccc2ccccc2c1)N(C1CCCCC1)C1CCCCC1. The summed E-state index contributed by atoms with van der Waals surface area (Å²) in [7, 11) is -3.46. The van der Waals surface area contributed by atoms with Crippen molar-refractivity contribution in [2.45, 2.75) is 81.2 Å². The van der Waals surface area contributed by atoms with E-state index in [2.05, 4.69) is 0 Å². The number of hydrogen-bond acceptors (Lipinski definition) is 2. The molecule has 0 aliphatic heterocycles. The van der Waals surface area contributed by atoms with E-state index >= 15 is 0 Å². The first-order chi connectivity index (χ1) is 12.7. The summed E-state index contributed by atoms with van der Waals surface area (Å²) in [5.74, 6) is 0. The highest BCUT2D eigenvalue weighted by Crippen LogP contribution is 2.35. The second-order valence-corrected chi connectivity index (χ2v) is 9.77. The molecule has 26 heavy (non-hydrogen) atoms. The zero-order valence-electron chi connectivity index (χ0n) is 15.4. The first-order valence-electron chi connectivity index (χ1n) is 10.2. The minimum Gasteiger partial charge on any atom is -0.207 e. The Hall–Kier alpha value is -1.39. The van der Waals surface area contributed by atoms with E-state index in [1.165, 1.54) is 12.8 Å². The molecule has 4 rings (SSSR count). The maximum Gasteiger partial charge on any atom is 0.243 e. The van der Waals surface area contributed by atoms with Crippen LogP contribution in [0.2, 0.25) is 0 Å². The van der Waals surface area contributed by atoms with Crippen molar-refractivity contribution in [3.8, 4) is 0 Å². The minimum absolute atomic E-state index is 0.184. The Balaban J connectivity index is 1.73. The van der Waals surface area contributed by atoms with E-state index in [0.29, 0.717) is 4.90 Å². The Bertz CT molecular complexity index is 831. The average molecular weight is 372 g/mol. The van der Waals surface area contributed by atoms with Crippen LogP contribution in [-0.2, 0) is 10.0 Å². The lowest BCUT2D eigenvalue weighted by atomic mass is 9.91. The minimum atomic E-state index is -3.46. The fourth-order valence-electron chi connectivity index (χ4n) is 4.81. The van der Waals surface area contributed by atoms with Crippen molar-refractivity contribution in [3.05, 3.63) is 42.5 Å². The van der Waals surface area contributed by atoms with E-state index in [0.717, 1.165) is 62.1 Å². The largest absolute Gasteiger partial charge is 0.243 e. The van der Waals surface area contributed by atoms with Crippen molar-refractivity contribution >= 4 is 20.8 Å². The maximum atomic E-state index is 13.7. The van der Waals surface area contributed by atoms with Gasteiger partial charge in [0.15, 0.2) is 0 Å². The van der Waals surface area contributed by atoms with Gasteiger partial charge in [0.1, 0.15) is 0 Å². The van der Waals surface area contributed by atoms with Crippen LogP contribution in [0.4, 0.5) is 0 Å². The van der Waals surface area contributed by atoms with Crippen molar-refractivity contribution in [3.63, 3.8) is 0 Å². The second kappa shape index (κ2) is 7.69. The number of hydrogen-bond donors (Lipinski definition) is 0. The van der Waals surface area contributed by atoms with Crippen LogP contribution in [0.25, 0.3) is 10.8 Å². The zero-order chi connectivity index (χ0) is 18.0. The molecule has 2 aliphatic rings. The molecule has 0 radical (unpaired) electrons. The predicted molar refractivity (Wildman–Crippen MR) is 107 cm³/mol. The van der Waals surface area contributed by atoms with Crippen LogP contribution < -0.4 is 0 Å². The van der Waals surface area contributed by atoms with Gasteiger partial charge in [-0.15, -0.1) is 0 Å². The van der Waals surface area contributed by atoms with Crippen LogP contribution in [-0.4, -0.2) is 24.8 Å². The van der Waals surface area contributed by atoms with Crippen molar-refractivity contribution in [1.29, 1.82) is 0 Å². The number of nitrogens with zero attached hydrogens (tertiary/aromatic N) is 1. The lowest BCUT2D eigenvalue weighted by Crippen LogP contribution is -2.48. The molecular weight excluding hydrogens is 342 g/mol. The molecule has 0 aromatic heterocycles. The van der Waals surface area contributed by atoms with Gasteiger partial charge in [0.05, 0.1) is 4.90 Å². The molecule has 0 unspecified atom stereocenters. The molecule has 2 aromatic carbocycles. The Labute approximate surface area is 157 Å². The Morgan fingerprint density at radius 2 is 1.23 bits per heavy atom. The highest BCUT2D eigenvalue weighted by molar-refractivity contribution is 7.89. The van der Waals surface area contributed by atoms with Crippen LogP contribution >= 0.6 is 0 Å². The molecule has 2 fully saturated rings. The van der Waals surface area contributed by atoms with E-state index in [1.54, 1.807) is 6.07 Å². The third-order valence-electron chi connectivity index (χ3n) is 6.17. The van der Waals surface area contributed by atoms with Gasteiger partial charge in [-0.05, 0) is 48.6 Å². The highest BCUT2D eigenvalue weighted by atomic mass is 32.2. The molecule has 3 nitrogen and oxygen atoms in total. The van der Waals surface area contributed by atoms with E-state index < -0.39 is 10.0 Å². The second-order valence-electron chi connectivity index (χ2n) is 7.93. The molecule has 0 amide bonds. The maximum absolute atomic E-state index is 13.7. The molecular formula is C22H29NO2S. The summed E-state index contributed by atoms with van der Waals surface area (Å²) in [6.45, 7) is 0. The zero-order valence-corrected chi connectivity index (χ0v) is 16.3. The molecule has 2 aliphatic carbocycles. The Kier molecular flexibility index (Phi) is 5.32. The van der Waals surface area contributed by atoms with Gasteiger partial charge in [0, 0.05) is 12.1 Å². The molecule has 4 heteroatoms. The van der Waals surface area contributed by atoms with Gasteiger partial charge in [-0.1, -0.05) is 68.9 Å². The van der Waals surface area contributed by atoms with Crippen molar-refractivity contribution in [2.75, 3.05) is 0 Å². The van der Waals surface area contributed by atoms with Gasteiger partial charge in [0.2, 0.25) is 10.0 Å². The number of fused-ring (bicyclic) bond motifs is 1. The molecule has 140 valence electrons. The monoisotopic (exact) mass is 371 g/mol.